The fourth-order valence-electron chi connectivity index (χ4n) is 4.28. The van der Waals surface area contributed by atoms with Gasteiger partial charge in [-0.05, 0) is 59.9 Å². The third-order valence-electron chi connectivity index (χ3n) is 6.57. The highest BCUT2D eigenvalue weighted by Gasteiger charge is 2.22. The molecule has 0 aliphatic rings. The molecular formula is C30H31N5O3S2. The van der Waals surface area contributed by atoms with Crippen LogP contribution < -0.4 is 5.32 Å². The number of thiazole rings is 1. The van der Waals surface area contributed by atoms with Crippen LogP contribution in [0.2, 0.25) is 0 Å². The summed E-state index contributed by atoms with van der Waals surface area (Å²) >= 11 is 1.51. The van der Waals surface area contributed by atoms with Crippen molar-refractivity contribution in [2.45, 2.75) is 44.6 Å². The summed E-state index contributed by atoms with van der Waals surface area (Å²) in [5.41, 5.74) is 4.05. The van der Waals surface area contributed by atoms with E-state index in [1.54, 1.807) is 17.8 Å². The van der Waals surface area contributed by atoms with Crippen molar-refractivity contribution in [2.75, 3.05) is 12.4 Å². The molecular weight excluding hydrogens is 542 g/mol. The fraction of sp³-hybridized carbons (Fsp3) is 0.233. The van der Waals surface area contributed by atoms with Crippen molar-refractivity contribution in [3.8, 4) is 5.13 Å². The van der Waals surface area contributed by atoms with Crippen molar-refractivity contribution in [3.05, 3.63) is 101 Å². The number of aromatic nitrogens is 3. The van der Waals surface area contributed by atoms with Crippen molar-refractivity contribution in [1.29, 1.82) is 0 Å². The standard InChI is InChI=1S/C30H31N5O3S2/c1-20-17-27(35(33-20)29-31-25-16-13-23(30(2,3)4)18-26(25)39-29)32-28(36)22-11-14-24(15-12-22)40(37,38)34(5)19-21-9-7-6-8-10-21/h6-18H,19H2,1-5H3,(H,32,36). The number of aryl methyl sites for hydroxylation is 1. The summed E-state index contributed by atoms with van der Waals surface area (Å²) in [5.74, 6) is 0.107. The first-order valence-corrected chi connectivity index (χ1v) is 15.1. The van der Waals surface area contributed by atoms with Crippen molar-refractivity contribution in [2.24, 2.45) is 0 Å². The summed E-state index contributed by atoms with van der Waals surface area (Å²) in [4.78, 5) is 18.0. The summed E-state index contributed by atoms with van der Waals surface area (Å²) < 4.78 is 30.1. The molecule has 5 aromatic rings. The molecule has 3 aromatic carbocycles. The number of amides is 1. The van der Waals surface area contributed by atoms with E-state index < -0.39 is 10.0 Å². The lowest BCUT2D eigenvalue weighted by atomic mass is 9.87. The fourth-order valence-corrected chi connectivity index (χ4v) is 6.41. The smallest absolute Gasteiger partial charge is 0.256 e. The molecule has 1 N–H and O–H groups in total. The quantitative estimate of drug-likeness (QED) is 0.252. The minimum atomic E-state index is -3.72. The molecule has 1 amide bonds. The lowest BCUT2D eigenvalue weighted by molar-refractivity contribution is 0.102. The number of benzene rings is 3. The number of hydrogen-bond acceptors (Lipinski definition) is 6. The number of fused-ring (bicyclic) bond motifs is 1. The molecule has 0 unspecified atom stereocenters. The summed E-state index contributed by atoms with van der Waals surface area (Å²) in [5, 5.41) is 8.11. The van der Waals surface area contributed by atoms with E-state index in [4.69, 9.17) is 4.98 Å². The molecule has 2 heterocycles. The van der Waals surface area contributed by atoms with Crippen LogP contribution >= 0.6 is 11.3 Å². The number of nitrogens with one attached hydrogen (secondary N) is 1. The van der Waals surface area contributed by atoms with Gasteiger partial charge in [0.25, 0.3) is 5.91 Å². The predicted octanol–water partition coefficient (Wildman–Crippen LogP) is 6.16. The molecule has 0 radical (unpaired) electrons. The third-order valence-corrected chi connectivity index (χ3v) is 9.38. The van der Waals surface area contributed by atoms with Crippen LogP contribution in [0.25, 0.3) is 15.3 Å². The Balaban J connectivity index is 1.35. The molecule has 0 bridgehead atoms. The molecule has 206 valence electrons. The summed E-state index contributed by atoms with van der Waals surface area (Å²) in [6.45, 7) is 8.61. The van der Waals surface area contributed by atoms with Gasteiger partial charge in [-0.25, -0.2) is 13.4 Å². The molecule has 8 nitrogen and oxygen atoms in total. The van der Waals surface area contributed by atoms with Gasteiger partial charge in [-0.15, -0.1) is 0 Å². The minimum absolute atomic E-state index is 0.0198. The van der Waals surface area contributed by atoms with Crippen molar-refractivity contribution in [1.82, 2.24) is 19.1 Å². The summed E-state index contributed by atoms with van der Waals surface area (Å²) in [6.07, 6.45) is 0. The molecule has 5 rings (SSSR count). The zero-order valence-corrected chi connectivity index (χ0v) is 24.7. The third kappa shape index (κ3) is 5.70. The molecule has 0 aliphatic carbocycles. The van der Waals surface area contributed by atoms with Gasteiger partial charge in [0.05, 0.1) is 20.8 Å². The monoisotopic (exact) mass is 573 g/mol. The first-order chi connectivity index (χ1) is 18.9. The van der Waals surface area contributed by atoms with Crippen LogP contribution in [0, 0.1) is 6.92 Å². The molecule has 0 saturated carbocycles. The summed E-state index contributed by atoms with van der Waals surface area (Å²) in [6, 6.07) is 23.3. The number of hydrogen-bond donors (Lipinski definition) is 1. The van der Waals surface area contributed by atoms with Gasteiger partial charge in [-0.1, -0.05) is 68.5 Å². The van der Waals surface area contributed by atoms with E-state index in [0.29, 0.717) is 16.5 Å². The Kier molecular flexibility index (Phi) is 7.34. The van der Waals surface area contributed by atoms with Crippen LogP contribution in [0.5, 0.6) is 0 Å². The Morgan fingerprint density at radius 1 is 1.00 bits per heavy atom. The molecule has 0 spiro atoms. The van der Waals surface area contributed by atoms with E-state index >= 15 is 0 Å². The topological polar surface area (TPSA) is 97.2 Å². The van der Waals surface area contributed by atoms with Gasteiger partial charge in [0.1, 0.15) is 5.82 Å². The van der Waals surface area contributed by atoms with E-state index in [-0.39, 0.29) is 22.8 Å². The van der Waals surface area contributed by atoms with E-state index in [2.05, 4.69) is 43.3 Å². The second-order valence-electron chi connectivity index (χ2n) is 10.7. The summed E-state index contributed by atoms with van der Waals surface area (Å²) in [7, 11) is -2.18. The molecule has 0 atom stereocenters. The first-order valence-electron chi connectivity index (χ1n) is 12.8. The highest BCUT2D eigenvalue weighted by Crippen LogP contribution is 2.32. The lowest BCUT2D eigenvalue weighted by Crippen LogP contribution is -2.26. The van der Waals surface area contributed by atoms with Crippen LogP contribution in [0.4, 0.5) is 5.82 Å². The van der Waals surface area contributed by atoms with E-state index in [9.17, 15) is 13.2 Å². The Morgan fingerprint density at radius 2 is 1.70 bits per heavy atom. The van der Waals surface area contributed by atoms with Crippen LogP contribution in [0.15, 0.2) is 83.8 Å². The normalized spacial score (nSPS) is 12.2. The van der Waals surface area contributed by atoms with Crippen molar-refractivity contribution >= 4 is 43.3 Å². The maximum Gasteiger partial charge on any atom is 0.256 e. The highest BCUT2D eigenvalue weighted by molar-refractivity contribution is 7.89. The van der Waals surface area contributed by atoms with Crippen LogP contribution in [-0.2, 0) is 22.0 Å². The van der Waals surface area contributed by atoms with Gasteiger partial charge in [-0.2, -0.15) is 14.1 Å². The Hall–Kier alpha value is -3.86. The number of nitrogens with zero attached hydrogens (tertiary/aromatic N) is 4. The number of carbonyl (C=O) groups excluding carboxylic acids is 1. The Labute approximate surface area is 238 Å². The second-order valence-corrected chi connectivity index (χ2v) is 13.8. The zero-order valence-electron chi connectivity index (χ0n) is 23.0. The SMILES string of the molecule is Cc1cc(NC(=O)c2ccc(S(=O)(=O)N(C)Cc3ccccc3)cc2)n(-c2nc3ccc(C(C)(C)C)cc3s2)n1. The molecule has 0 saturated heterocycles. The van der Waals surface area contributed by atoms with Crippen LogP contribution in [0.1, 0.15) is 48.0 Å². The predicted molar refractivity (Wildman–Crippen MR) is 160 cm³/mol. The van der Waals surface area contributed by atoms with Crippen LogP contribution in [0.3, 0.4) is 0 Å². The minimum Gasteiger partial charge on any atom is -0.306 e. The van der Waals surface area contributed by atoms with Gasteiger partial charge in [-0.3, -0.25) is 4.79 Å². The van der Waals surface area contributed by atoms with Gasteiger partial charge in [0.15, 0.2) is 0 Å². The molecule has 0 aliphatic heterocycles. The van der Waals surface area contributed by atoms with Gasteiger partial charge in [0.2, 0.25) is 15.2 Å². The van der Waals surface area contributed by atoms with Crippen LogP contribution in [-0.4, -0.2) is 40.4 Å². The maximum atomic E-state index is 13.1. The largest absolute Gasteiger partial charge is 0.306 e. The van der Waals surface area contributed by atoms with E-state index in [0.717, 1.165) is 21.5 Å². The average molecular weight is 574 g/mol. The first kappa shape index (κ1) is 27.7. The molecule has 2 aromatic heterocycles. The Morgan fingerprint density at radius 3 is 2.38 bits per heavy atom. The molecule has 0 fully saturated rings. The highest BCUT2D eigenvalue weighted by atomic mass is 32.2. The number of carbonyl (C=O) groups is 1. The van der Waals surface area contributed by atoms with E-state index in [1.165, 1.54) is 45.5 Å². The lowest BCUT2D eigenvalue weighted by Gasteiger charge is -2.18. The van der Waals surface area contributed by atoms with Gasteiger partial charge >= 0.3 is 0 Å². The van der Waals surface area contributed by atoms with Crippen molar-refractivity contribution < 1.29 is 13.2 Å². The number of sulfonamides is 1. The maximum absolute atomic E-state index is 13.1. The zero-order chi connectivity index (χ0) is 28.7. The molecule has 10 heteroatoms. The van der Waals surface area contributed by atoms with Gasteiger partial charge in [0, 0.05) is 25.2 Å². The van der Waals surface area contributed by atoms with E-state index in [1.807, 2.05) is 43.3 Å². The second kappa shape index (κ2) is 10.6. The van der Waals surface area contributed by atoms with Crippen molar-refractivity contribution in [3.63, 3.8) is 0 Å². The number of anilines is 1. The average Bonchev–Trinajstić information content (AvgIpc) is 3.51. The van der Waals surface area contributed by atoms with Gasteiger partial charge < -0.3 is 5.32 Å². The molecule has 40 heavy (non-hydrogen) atoms. The number of rotatable bonds is 7. The Bertz CT molecular complexity index is 1780.